The predicted octanol–water partition coefficient (Wildman–Crippen LogP) is 3.54. The first-order chi connectivity index (χ1) is 13.7. The molecule has 0 unspecified atom stereocenters. The fraction of sp³-hybridized carbons (Fsp3) is 0.350. The Hall–Kier alpha value is -2.51. The summed E-state index contributed by atoms with van der Waals surface area (Å²) in [4.78, 5) is 38.2. The molecular formula is C20H22Cl2N2O5. The Labute approximate surface area is 178 Å². The number of hydrogen-bond acceptors (Lipinski definition) is 5. The molecule has 1 heterocycles. The van der Waals surface area contributed by atoms with E-state index >= 15 is 0 Å². The number of hydrogen-bond donors (Lipinski definition) is 1. The molecule has 0 saturated carbocycles. The van der Waals surface area contributed by atoms with Crippen molar-refractivity contribution in [2.75, 3.05) is 13.7 Å². The van der Waals surface area contributed by atoms with Crippen LogP contribution in [-0.4, -0.2) is 42.4 Å². The predicted molar refractivity (Wildman–Crippen MR) is 109 cm³/mol. The maximum absolute atomic E-state index is 12.4. The number of halogens is 2. The lowest BCUT2D eigenvalue weighted by atomic mass is 10.0. The summed E-state index contributed by atoms with van der Waals surface area (Å²) in [7, 11) is 1.58. The minimum atomic E-state index is -0.916. The lowest BCUT2D eigenvalue weighted by Crippen LogP contribution is -2.46. The van der Waals surface area contributed by atoms with E-state index in [0.29, 0.717) is 10.0 Å². The number of benzene rings is 1. The first kappa shape index (κ1) is 22.8. The van der Waals surface area contributed by atoms with Crippen LogP contribution in [0.4, 0.5) is 0 Å². The molecule has 2 aromatic rings. The minimum absolute atomic E-state index is 0.0842. The lowest BCUT2D eigenvalue weighted by Gasteiger charge is -2.22. The number of carbonyl (C=O) groups excluding carboxylic acids is 3. The number of esters is 1. The fourth-order valence-corrected chi connectivity index (χ4v) is 2.77. The Bertz CT molecular complexity index is 868. The molecule has 0 fully saturated rings. The normalized spacial score (nSPS) is 11.8. The van der Waals surface area contributed by atoms with Gasteiger partial charge in [0.25, 0.3) is 11.8 Å². The molecular weight excluding hydrogens is 419 g/mol. The van der Waals surface area contributed by atoms with Gasteiger partial charge in [0.1, 0.15) is 6.04 Å². The van der Waals surface area contributed by atoms with Gasteiger partial charge in [-0.2, -0.15) is 0 Å². The number of likely N-dealkylation sites (N-methyl/N-ethyl adjacent to an activating group) is 1. The van der Waals surface area contributed by atoms with Crippen LogP contribution in [-0.2, 0) is 20.9 Å². The highest BCUT2D eigenvalue weighted by molar-refractivity contribution is 6.42. The van der Waals surface area contributed by atoms with Gasteiger partial charge in [-0.15, -0.1) is 0 Å². The summed E-state index contributed by atoms with van der Waals surface area (Å²) < 4.78 is 10.1. The molecule has 1 atom stereocenters. The molecule has 29 heavy (non-hydrogen) atoms. The van der Waals surface area contributed by atoms with Crippen molar-refractivity contribution in [1.82, 2.24) is 10.2 Å². The molecule has 1 aromatic heterocycles. The van der Waals surface area contributed by atoms with Crippen LogP contribution in [0.1, 0.15) is 30.0 Å². The molecule has 7 nitrogen and oxygen atoms in total. The summed E-state index contributed by atoms with van der Waals surface area (Å²) in [5, 5.41) is 3.38. The van der Waals surface area contributed by atoms with Crippen LogP contribution >= 0.6 is 23.2 Å². The van der Waals surface area contributed by atoms with E-state index in [-0.39, 0.29) is 18.2 Å². The van der Waals surface area contributed by atoms with Crippen molar-refractivity contribution in [2.24, 2.45) is 5.92 Å². The molecule has 2 amide bonds. The Balaban J connectivity index is 1.89. The second kappa shape index (κ2) is 10.3. The quantitative estimate of drug-likeness (QED) is 0.633. The van der Waals surface area contributed by atoms with E-state index in [4.69, 9.17) is 32.4 Å². The SMILES string of the molecule is CC(C)[C@H](NC(=O)c1ccco1)C(=O)OCC(=O)N(C)Cc1ccc(Cl)c(Cl)c1. The summed E-state index contributed by atoms with van der Waals surface area (Å²) in [6, 6.07) is 7.20. The Morgan fingerprint density at radius 2 is 1.90 bits per heavy atom. The third-order valence-electron chi connectivity index (χ3n) is 4.12. The molecule has 9 heteroatoms. The fourth-order valence-electron chi connectivity index (χ4n) is 2.45. The van der Waals surface area contributed by atoms with E-state index in [1.165, 1.54) is 17.2 Å². The van der Waals surface area contributed by atoms with Crippen molar-refractivity contribution in [3.05, 3.63) is 58.0 Å². The summed E-state index contributed by atoms with van der Waals surface area (Å²) in [5.41, 5.74) is 0.785. The third-order valence-corrected chi connectivity index (χ3v) is 4.86. The lowest BCUT2D eigenvalue weighted by molar-refractivity contribution is -0.154. The topological polar surface area (TPSA) is 88.9 Å². The van der Waals surface area contributed by atoms with E-state index in [9.17, 15) is 14.4 Å². The zero-order valence-electron chi connectivity index (χ0n) is 16.3. The second-order valence-corrected chi connectivity index (χ2v) is 7.59. The number of amides is 2. The van der Waals surface area contributed by atoms with Crippen LogP contribution in [0.15, 0.2) is 41.0 Å². The van der Waals surface area contributed by atoms with Gasteiger partial charge in [-0.3, -0.25) is 9.59 Å². The molecule has 0 aliphatic heterocycles. The average molecular weight is 441 g/mol. The summed E-state index contributed by atoms with van der Waals surface area (Å²) >= 11 is 11.9. The molecule has 0 saturated heterocycles. The Morgan fingerprint density at radius 3 is 2.48 bits per heavy atom. The van der Waals surface area contributed by atoms with Crippen molar-refractivity contribution < 1.29 is 23.5 Å². The maximum atomic E-state index is 12.4. The molecule has 2 rings (SSSR count). The molecule has 156 valence electrons. The number of furan rings is 1. The second-order valence-electron chi connectivity index (χ2n) is 6.78. The zero-order valence-corrected chi connectivity index (χ0v) is 17.8. The van der Waals surface area contributed by atoms with Gasteiger partial charge in [0.05, 0.1) is 16.3 Å². The van der Waals surface area contributed by atoms with Crippen LogP contribution in [0.2, 0.25) is 10.0 Å². The van der Waals surface area contributed by atoms with Crippen molar-refractivity contribution in [3.8, 4) is 0 Å². The van der Waals surface area contributed by atoms with Crippen molar-refractivity contribution in [1.29, 1.82) is 0 Å². The number of ether oxygens (including phenoxy) is 1. The van der Waals surface area contributed by atoms with Gasteiger partial charge in [0.15, 0.2) is 12.4 Å². The van der Waals surface area contributed by atoms with Gasteiger partial charge in [-0.05, 0) is 35.7 Å². The molecule has 0 bridgehead atoms. The van der Waals surface area contributed by atoms with Gasteiger partial charge >= 0.3 is 5.97 Å². The highest BCUT2D eigenvalue weighted by atomic mass is 35.5. The van der Waals surface area contributed by atoms with Crippen LogP contribution < -0.4 is 5.32 Å². The zero-order chi connectivity index (χ0) is 21.6. The molecule has 0 spiro atoms. The molecule has 0 aliphatic carbocycles. The van der Waals surface area contributed by atoms with E-state index < -0.39 is 30.4 Å². The monoisotopic (exact) mass is 440 g/mol. The van der Waals surface area contributed by atoms with E-state index in [2.05, 4.69) is 5.32 Å². The molecule has 1 aromatic carbocycles. The number of carbonyl (C=O) groups is 3. The summed E-state index contributed by atoms with van der Waals surface area (Å²) in [5.74, 6) is -1.79. The third kappa shape index (κ3) is 6.51. The van der Waals surface area contributed by atoms with Gasteiger partial charge in [0, 0.05) is 13.6 Å². The number of nitrogens with one attached hydrogen (secondary N) is 1. The van der Waals surface area contributed by atoms with Crippen LogP contribution in [0.3, 0.4) is 0 Å². The van der Waals surface area contributed by atoms with Gasteiger partial charge < -0.3 is 19.4 Å². The largest absolute Gasteiger partial charge is 0.459 e. The van der Waals surface area contributed by atoms with Gasteiger partial charge in [-0.1, -0.05) is 43.1 Å². The molecule has 1 N–H and O–H groups in total. The number of nitrogens with zero attached hydrogens (tertiary/aromatic N) is 1. The Kier molecular flexibility index (Phi) is 8.10. The highest BCUT2D eigenvalue weighted by Gasteiger charge is 2.28. The van der Waals surface area contributed by atoms with E-state index in [0.717, 1.165) is 5.56 Å². The highest BCUT2D eigenvalue weighted by Crippen LogP contribution is 2.23. The van der Waals surface area contributed by atoms with Crippen LogP contribution in [0.25, 0.3) is 0 Å². The van der Waals surface area contributed by atoms with E-state index in [1.807, 2.05) is 0 Å². The van der Waals surface area contributed by atoms with Crippen LogP contribution in [0, 0.1) is 5.92 Å². The van der Waals surface area contributed by atoms with E-state index in [1.54, 1.807) is 45.2 Å². The smallest absolute Gasteiger partial charge is 0.329 e. The van der Waals surface area contributed by atoms with Crippen molar-refractivity contribution >= 4 is 41.0 Å². The molecule has 0 aliphatic rings. The summed E-state index contributed by atoms with van der Waals surface area (Å²) in [6.07, 6.45) is 1.36. The standard InChI is InChI=1S/C20H22Cl2N2O5/c1-12(2)18(23-19(26)16-5-4-8-28-16)20(27)29-11-17(25)24(3)10-13-6-7-14(21)15(22)9-13/h4-9,12,18H,10-11H2,1-3H3,(H,23,26)/t18-/m0/s1. The first-order valence-electron chi connectivity index (χ1n) is 8.88. The minimum Gasteiger partial charge on any atom is -0.459 e. The van der Waals surface area contributed by atoms with Crippen molar-refractivity contribution in [2.45, 2.75) is 26.4 Å². The van der Waals surface area contributed by atoms with Crippen molar-refractivity contribution in [3.63, 3.8) is 0 Å². The molecule has 0 radical (unpaired) electrons. The van der Waals surface area contributed by atoms with Gasteiger partial charge in [0.2, 0.25) is 0 Å². The van der Waals surface area contributed by atoms with Gasteiger partial charge in [-0.25, -0.2) is 4.79 Å². The average Bonchev–Trinajstić information content (AvgIpc) is 3.21. The summed E-state index contributed by atoms with van der Waals surface area (Å²) in [6.45, 7) is 3.34. The number of rotatable bonds is 8. The van der Waals surface area contributed by atoms with Crippen LogP contribution in [0.5, 0.6) is 0 Å². The Morgan fingerprint density at radius 1 is 1.17 bits per heavy atom. The maximum Gasteiger partial charge on any atom is 0.329 e. The first-order valence-corrected chi connectivity index (χ1v) is 9.63.